The van der Waals surface area contributed by atoms with Crippen LogP contribution in [0.5, 0.6) is 5.75 Å². The maximum atomic E-state index is 6.03. The van der Waals surface area contributed by atoms with E-state index in [9.17, 15) is 0 Å². The lowest BCUT2D eigenvalue weighted by Gasteiger charge is -2.36. The van der Waals surface area contributed by atoms with Crippen molar-refractivity contribution in [3.63, 3.8) is 0 Å². The summed E-state index contributed by atoms with van der Waals surface area (Å²) in [6.07, 6.45) is 0. The molecule has 0 amide bonds. The van der Waals surface area contributed by atoms with Gasteiger partial charge in [0.05, 0.1) is 6.61 Å². The molecule has 0 heterocycles. The molecule has 2 N–H and O–H groups in total. The van der Waals surface area contributed by atoms with E-state index in [-0.39, 0.29) is 5.04 Å². The molecule has 1 rings (SSSR count). The summed E-state index contributed by atoms with van der Waals surface area (Å²) >= 11 is 0. The highest BCUT2D eigenvalue weighted by Gasteiger charge is 2.36. The van der Waals surface area contributed by atoms with E-state index in [1.165, 1.54) is 0 Å². The fourth-order valence-corrected chi connectivity index (χ4v) is 2.30. The molecule has 102 valence electrons. The summed E-state index contributed by atoms with van der Waals surface area (Å²) in [6, 6.07) is 7.47. The molecule has 18 heavy (non-hydrogen) atoms. The monoisotopic (exact) mass is 267 g/mol. The molecule has 0 saturated carbocycles. The van der Waals surface area contributed by atoms with Crippen molar-refractivity contribution in [1.82, 2.24) is 0 Å². The lowest BCUT2D eigenvalue weighted by molar-refractivity contribution is 0.203. The van der Waals surface area contributed by atoms with Crippen LogP contribution in [0.2, 0.25) is 18.1 Å². The van der Waals surface area contributed by atoms with Gasteiger partial charge in [0.25, 0.3) is 0 Å². The highest BCUT2D eigenvalue weighted by Crippen LogP contribution is 2.36. The minimum absolute atomic E-state index is 0.240. The van der Waals surface area contributed by atoms with Crippen LogP contribution in [0.1, 0.15) is 20.8 Å². The number of hydrogen-bond donors (Lipinski definition) is 1. The van der Waals surface area contributed by atoms with E-state index in [2.05, 4.69) is 33.9 Å². The molecule has 1 aromatic rings. The number of rotatable bonds is 5. The van der Waals surface area contributed by atoms with E-state index in [0.717, 1.165) is 11.4 Å². The van der Waals surface area contributed by atoms with Crippen LogP contribution >= 0.6 is 0 Å². The zero-order chi connectivity index (χ0) is 13.8. The van der Waals surface area contributed by atoms with Crippen LogP contribution in [0.15, 0.2) is 24.3 Å². The first-order chi connectivity index (χ1) is 8.22. The third-order valence-corrected chi connectivity index (χ3v) is 8.02. The van der Waals surface area contributed by atoms with Gasteiger partial charge in [-0.25, -0.2) is 0 Å². The molecule has 0 fully saturated rings. The summed E-state index contributed by atoms with van der Waals surface area (Å²) in [5, 5.41) is 0.240. The largest absolute Gasteiger partial charge is 0.491 e. The Morgan fingerprint density at radius 3 is 2.39 bits per heavy atom. The van der Waals surface area contributed by atoms with Gasteiger partial charge < -0.3 is 14.9 Å². The van der Waals surface area contributed by atoms with Crippen LogP contribution in [0.3, 0.4) is 0 Å². The Balaban J connectivity index is 2.35. The lowest BCUT2D eigenvalue weighted by atomic mass is 10.2. The Morgan fingerprint density at radius 1 is 1.17 bits per heavy atom. The summed E-state index contributed by atoms with van der Waals surface area (Å²) in [6.45, 7) is 12.4. The molecule has 0 aromatic heterocycles. The van der Waals surface area contributed by atoms with Gasteiger partial charge in [0.1, 0.15) is 12.4 Å². The molecule has 4 heteroatoms. The molecular weight excluding hydrogens is 242 g/mol. The number of hydrogen-bond acceptors (Lipinski definition) is 3. The van der Waals surface area contributed by atoms with Crippen molar-refractivity contribution in [2.75, 3.05) is 18.9 Å². The van der Waals surface area contributed by atoms with Crippen LogP contribution in [0.4, 0.5) is 5.69 Å². The van der Waals surface area contributed by atoms with E-state index in [0.29, 0.717) is 13.2 Å². The topological polar surface area (TPSA) is 44.5 Å². The number of anilines is 1. The van der Waals surface area contributed by atoms with Crippen molar-refractivity contribution in [2.24, 2.45) is 0 Å². The quantitative estimate of drug-likeness (QED) is 0.503. The van der Waals surface area contributed by atoms with Crippen LogP contribution < -0.4 is 10.5 Å². The van der Waals surface area contributed by atoms with E-state index in [1.807, 2.05) is 24.3 Å². The zero-order valence-electron chi connectivity index (χ0n) is 12.1. The fourth-order valence-electron chi connectivity index (χ4n) is 1.28. The van der Waals surface area contributed by atoms with Gasteiger partial charge in [0.2, 0.25) is 0 Å². The van der Waals surface area contributed by atoms with Crippen molar-refractivity contribution in [2.45, 2.75) is 38.9 Å². The Morgan fingerprint density at radius 2 is 1.83 bits per heavy atom. The molecule has 1 aromatic carbocycles. The minimum Gasteiger partial charge on any atom is -0.491 e. The highest BCUT2D eigenvalue weighted by atomic mass is 28.4. The summed E-state index contributed by atoms with van der Waals surface area (Å²) in [7, 11) is -1.66. The van der Waals surface area contributed by atoms with Gasteiger partial charge in [-0.2, -0.15) is 0 Å². The molecular formula is C14H25NO2Si. The van der Waals surface area contributed by atoms with Gasteiger partial charge in [0.15, 0.2) is 8.32 Å². The summed E-state index contributed by atoms with van der Waals surface area (Å²) in [5.41, 5.74) is 6.40. The Hall–Kier alpha value is -1.00. The van der Waals surface area contributed by atoms with Gasteiger partial charge in [-0.1, -0.05) is 26.8 Å². The second-order valence-electron chi connectivity index (χ2n) is 6.03. The Labute approximate surface area is 111 Å². The summed E-state index contributed by atoms with van der Waals surface area (Å²) < 4.78 is 11.6. The standard InChI is InChI=1S/C14H25NO2Si/c1-14(2,3)18(4,5)17-10-9-16-13-8-6-7-12(15)11-13/h6-8,11H,9-10,15H2,1-5H3. The van der Waals surface area contributed by atoms with Crippen LogP contribution in [0.25, 0.3) is 0 Å². The minimum atomic E-state index is -1.66. The molecule has 0 aliphatic carbocycles. The maximum absolute atomic E-state index is 6.03. The number of nitrogens with two attached hydrogens (primary N) is 1. The van der Waals surface area contributed by atoms with Gasteiger partial charge in [0, 0.05) is 11.8 Å². The second kappa shape index (κ2) is 5.76. The third-order valence-electron chi connectivity index (χ3n) is 3.48. The lowest BCUT2D eigenvalue weighted by Crippen LogP contribution is -2.41. The summed E-state index contributed by atoms with van der Waals surface area (Å²) in [5.74, 6) is 0.800. The van der Waals surface area contributed by atoms with Gasteiger partial charge in [-0.15, -0.1) is 0 Å². The first-order valence-electron chi connectivity index (χ1n) is 6.35. The van der Waals surface area contributed by atoms with Crippen molar-refractivity contribution in [1.29, 1.82) is 0 Å². The van der Waals surface area contributed by atoms with Gasteiger partial charge in [-0.3, -0.25) is 0 Å². The van der Waals surface area contributed by atoms with Crippen LogP contribution in [0, 0.1) is 0 Å². The Kier molecular flexibility index (Phi) is 4.82. The molecule has 3 nitrogen and oxygen atoms in total. The molecule has 0 spiro atoms. The first kappa shape index (κ1) is 15.1. The van der Waals surface area contributed by atoms with Gasteiger partial charge in [-0.05, 0) is 30.3 Å². The maximum Gasteiger partial charge on any atom is 0.192 e. The van der Waals surface area contributed by atoms with Crippen molar-refractivity contribution in [3.8, 4) is 5.75 Å². The van der Waals surface area contributed by atoms with E-state index in [4.69, 9.17) is 14.9 Å². The molecule has 0 unspecified atom stereocenters. The van der Waals surface area contributed by atoms with Crippen molar-refractivity contribution < 1.29 is 9.16 Å². The van der Waals surface area contributed by atoms with Gasteiger partial charge >= 0.3 is 0 Å². The molecule has 0 aliphatic heterocycles. The zero-order valence-corrected chi connectivity index (χ0v) is 13.1. The number of ether oxygens (including phenoxy) is 1. The summed E-state index contributed by atoms with van der Waals surface area (Å²) in [4.78, 5) is 0. The highest BCUT2D eigenvalue weighted by molar-refractivity contribution is 6.74. The first-order valence-corrected chi connectivity index (χ1v) is 9.25. The number of nitrogen functional groups attached to an aromatic ring is 1. The molecule has 0 atom stereocenters. The molecule has 0 radical (unpaired) electrons. The molecule has 0 bridgehead atoms. The van der Waals surface area contributed by atoms with Crippen molar-refractivity contribution in [3.05, 3.63) is 24.3 Å². The fraction of sp³-hybridized carbons (Fsp3) is 0.571. The average molecular weight is 267 g/mol. The smallest absolute Gasteiger partial charge is 0.192 e. The number of benzene rings is 1. The van der Waals surface area contributed by atoms with E-state index < -0.39 is 8.32 Å². The van der Waals surface area contributed by atoms with Crippen molar-refractivity contribution >= 4 is 14.0 Å². The predicted octanol–water partition coefficient (Wildman–Crippen LogP) is 3.67. The molecule has 0 aliphatic rings. The van der Waals surface area contributed by atoms with Crippen LogP contribution in [-0.2, 0) is 4.43 Å². The third kappa shape index (κ3) is 4.35. The second-order valence-corrected chi connectivity index (χ2v) is 10.8. The molecule has 0 saturated heterocycles. The SMILES string of the molecule is CC(C)(C)[Si](C)(C)OCCOc1cccc(N)c1. The van der Waals surface area contributed by atoms with E-state index >= 15 is 0 Å². The van der Waals surface area contributed by atoms with Crippen LogP contribution in [-0.4, -0.2) is 21.5 Å². The normalized spacial score (nSPS) is 12.5. The Bertz CT molecular complexity index is 386. The predicted molar refractivity (Wildman–Crippen MR) is 79.5 cm³/mol. The average Bonchev–Trinajstić information content (AvgIpc) is 2.23. The van der Waals surface area contributed by atoms with E-state index in [1.54, 1.807) is 0 Å².